The van der Waals surface area contributed by atoms with Crippen molar-refractivity contribution in [3.8, 4) is 16.2 Å². The van der Waals surface area contributed by atoms with E-state index in [4.69, 9.17) is 0 Å². The number of alkyl halides is 3. The summed E-state index contributed by atoms with van der Waals surface area (Å²) in [6.45, 7) is 2.74. The fourth-order valence-electron chi connectivity index (χ4n) is 3.13. The monoisotopic (exact) mass is 454 g/mol. The Labute approximate surface area is 178 Å². The molecule has 2 aromatic heterocycles. The van der Waals surface area contributed by atoms with Gasteiger partial charge in [0.05, 0.1) is 12.1 Å². The molecule has 3 heterocycles. The van der Waals surface area contributed by atoms with Crippen molar-refractivity contribution < 1.29 is 22.7 Å². The molecular formula is C19H17F3N4O2S2. The molecule has 3 aromatic rings. The zero-order chi connectivity index (χ0) is 21.1. The van der Waals surface area contributed by atoms with Crippen molar-refractivity contribution in [2.24, 2.45) is 0 Å². The number of nitrogens with one attached hydrogen (secondary N) is 1. The standard InChI is InChI=1S/C19H17F3N4O2S2/c20-19(21,22)28-14-5-3-4-12(8-14)15-9-13(11-29-15)17(27)24-18-23-16(25-30-18)10-26-6-1-2-7-26/h3-5,8-9,11H,1-2,6-7,10H2,(H,23,24,25,27). The number of likely N-dealkylation sites (tertiary alicyclic amines) is 1. The number of nitrogens with zero attached hydrogens (tertiary/aromatic N) is 3. The van der Waals surface area contributed by atoms with Crippen LogP contribution < -0.4 is 10.1 Å². The van der Waals surface area contributed by atoms with E-state index < -0.39 is 6.36 Å². The van der Waals surface area contributed by atoms with Gasteiger partial charge in [-0.3, -0.25) is 15.0 Å². The summed E-state index contributed by atoms with van der Waals surface area (Å²) in [6, 6.07) is 7.27. The number of amides is 1. The van der Waals surface area contributed by atoms with Crippen LogP contribution in [-0.4, -0.2) is 39.6 Å². The molecule has 30 heavy (non-hydrogen) atoms. The van der Waals surface area contributed by atoms with Crippen molar-refractivity contribution in [3.05, 3.63) is 47.1 Å². The van der Waals surface area contributed by atoms with Crippen LogP contribution in [0.3, 0.4) is 0 Å². The highest BCUT2D eigenvalue weighted by Crippen LogP contribution is 2.32. The zero-order valence-corrected chi connectivity index (χ0v) is 17.2. The summed E-state index contributed by atoms with van der Waals surface area (Å²) in [5.74, 6) is 0.0348. The van der Waals surface area contributed by atoms with Crippen LogP contribution in [-0.2, 0) is 6.54 Å². The minimum absolute atomic E-state index is 0.307. The SMILES string of the molecule is O=C(Nc1nc(CN2CCCC2)ns1)c1csc(-c2cccc(OC(F)(F)F)c2)c1. The van der Waals surface area contributed by atoms with Gasteiger partial charge in [0.25, 0.3) is 5.91 Å². The Kier molecular flexibility index (Phi) is 6.02. The molecule has 1 N–H and O–H groups in total. The van der Waals surface area contributed by atoms with Crippen LogP contribution in [0.5, 0.6) is 5.75 Å². The first-order valence-corrected chi connectivity index (χ1v) is 10.8. The maximum atomic E-state index is 12.5. The van der Waals surface area contributed by atoms with E-state index in [9.17, 15) is 18.0 Å². The van der Waals surface area contributed by atoms with Crippen LogP contribution in [0.25, 0.3) is 10.4 Å². The summed E-state index contributed by atoms with van der Waals surface area (Å²) >= 11 is 2.38. The zero-order valence-electron chi connectivity index (χ0n) is 15.6. The second-order valence-electron chi connectivity index (χ2n) is 6.73. The van der Waals surface area contributed by atoms with Gasteiger partial charge in [0.1, 0.15) is 5.75 Å². The van der Waals surface area contributed by atoms with E-state index in [1.54, 1.807) is 17.5 Å². The highest BCUT2D eigenvalue weighted by Gasteiger charge is 2.31. The number of benzene rings is 1. The van der Waals surface area contributed by atoms with Crippen LogP contribution >= 0.6 is 22.9 Å². The average molecular weight is 454 g/mol. The fraction of sp³-hybridized carbons (Fsp3) is 0.316. The lowest BCUT2D eigenvalue weighted by molar-refractivity contribution is -0.274. The van der Waals surface area contributed by atoms with E-state index in [0.717, 1.165) is 24.6 Å². The third-order valence-corrected chi connectivity index (χ3v) is 6.11. The number of rotatable bonds is 6. The second-order valence-corrected chi connectivity index (χ2v) is 8.39. The van der Waals surface area contributed by atoms with E-state index in [1.807, 2.05) is 0 Å². The largest absolute Gasteiger partial charge is 0.573 e. The molecular weight excluding hydrogens is 437 g/mol. The molecule has 0 radical (unpaired) electrons. The number of hydrogen-bond acceptors (Lipinski definition) is 7. The van der Waals surface area contributed by atoms with E-state index in [1.165, 1.54) is 42.4 Å². The molecule has 6 nitrogen and oxygen atoms in total. The number of carbonyl (C=O) groups is 1. The molecule has 1 amide bonds. The minimum atomic E-state index is -4.76. The van der Waals surface area contributed by atoms with Crippen molar-refractivity contribution in [2.45, 2.75) is 25.7 Å². The first-order valence-electron chi connectivity index (χ1n) is 9.17. The molecule has 0 spiro atoms. The van der Waals surface area contributed by atoms with Crippen LogP contribution in [0, 0.1) is 0 Å². The third-order valence-electron chi connectivity index (χ3n) is 4.47. The van der Waals surface area contributed by atoms with Crippen molar-refractivity contribution >= 4 is 33.9 Å². The number of anilines is 1. The lowest BCUT2D eigenvalue weighted by atomic mass is 10.1. The highest BCUT2D eigenvalue weighted by molar-refractivity contribution is 7.14. The predicted molar refractivity (Wildman–Crippen MR) is 109 cm³/mol. The number of ether oxygens (including phenoxy) is 1. The van der Waals surface area contributed by atoms with Gasteiger partial charge < -0.3 is 4.74 Å². The van der Waals surface area contributed by atoms with Gasteiger partial charge in [0.2, 0.25) is 5.13 Å². The molecule has 1 aliphatic heterocycles. The Hall–Kier alpha value is -2.50. The van der Waals surface area contributed by atoms with Gasteiger partial charge in [-0.2, -0.15) is 4.37 Å². The quantitative estimate of drug-likeness (QED) is 0.567. The molecule has 0 unspecified atom stereocenters. The van der Waals surface area contributed by atoms with Gasteiger partial charge in [-0.25, -0.2) is 4.98 Å². The van der Waals surface area contributed by atoms with E-state index >= 15 is 0 Å². The van der Waals surface area contributed by atoms with Gasteiger partial charge in [-0.15, -0.1) is 24.5 Å². The predicted octanol–water partition coefficient (Wildman–Crippen LogP) is 5.01. The van der Waals surface area contributed by atoms with Crippen LogP contribution in [0.4, 0.5) is 18.3 Å². The van der Waals surface area contributed by atoms with E-state index in [2.05, 4.69) is 24.3 Å². The van der Waals surface area contributed by atoms with Crippen molar-refractivity contribution in [1.29, 1.82) is 0 Å². The minimum Gasteiger partial charge on any atom is -0.406 e. The van der Waals surface area contributed by atoms with Crippen LogP contribution in [0.15, 0.2) is 35.7 Å². The number of hydrogen-bond donors (Lipinski definition) is 1. The summed E-state index contributed by atoms with van der Waals surface area (Å²) in [5.41, 5.74) is 0.929. The molecule has 0 aliphatic carbocycles. The summed E-state index contributed by atoms with van der Waals surface area (Å²) in [4.78, 5) is 19.8. The second kappa shape index (κ2) is 8.70. The van der Waals surface area contributed by atoms with Crippen molar-refractivity contribution in [1.82, 2.24) is 14.3 Å². The van der Waals surface area contributed by atoms with Crippen molar-refractivity contribution in [3.63, 3.8) is 0 Å². The van der Waals surface area contributed by atoms with E-state index in [0.29, 0.717) is 33.5 Å². The van der Waals surface area contributed by atoms with Crippen LogP contribution in [0.2, 0.25) is 0 Å². The summed E-state index contributed by atoms with van der Waals surface area (Å²) in [7, 11) is 0. The Balaban J connectivity index is 1.41. The summed E-state index contributed by atoms with van der Waals surface area (Å²) in [5, 5.41) is 4.80. The molecule has 1 aliphatic rings. The topological polar surface area (TPSA) is 67.4 Å². The number of aromatic nitrogens is 2. The highest BCUT2D eigenvalue weighted by atomic mass is 32.1. The lowest BCUT2D eigenvalue weighted by Gasteiger charge is -2.10. The maximum Gasteiger partial charge on any atom is 0.573 e. The Morgan fingerprint density at radius 1 is 1.23 bits per heavy atom. The van der Waals surface area contributed by atoms with Gasteiger partial charge in [-0.1, -0.05) is 12.1 Å². The first-order chi connectivity index (χ1) is 14.4. The summed E-state index contributed by atoms with van der Waals surface area (Å²) < 4.78 is 45.5. The fourth-order valence-corrected chi connectivity index (χ4v) is 4.59. The molecule has 1 saturated heterocycles. The molecule has 0 bridgehead atoms. The molecule has 1 aromatic carbocycles. The first kappa shape index (κ1) is 20.8. The van der Waals surface area contributed by atoms with Gasteiger partial charge in [-0.05, 0) is 49.7 Å². The van der Waals surface area contributed by atoms with Gasteiger partial charge in [0, 0.05) is 21.8 Å². The van der Waals surface area contributed by atoms with E-state index in [-0.39, 0.29) is 11.7 Å². The molecule has 11 heteroatoms. The van der Waals surface area contributed by atoms with Gasteiger partial charge >= 0.3 is 6.36 Å². The average Bonchev–Trinajstić information content (AvgIpc) is 3.43. The molecule has 158 valence electrons. The molecule has 1 fully saturated rings. The van der Waals surface area contributed by atoms with Crippen LogP contribution in [0.1, 0.15) is 29.0 Å². The molecule has 4 rings (SSSR count). The number of thiophene rings is 1. The Morgan fingerprint density at radius 2 is 2.03 bits per heavy atom. The normalized spacial score (nSPS) is 14.8. The molecule has 0 saturated carbocycles. The third kappa shape index (κ3) is 5.35. The van der Waals surface area contributed by atoms with Crippen molar-refractivity contribution in [2.75, 3.05) is 18.4 Å². The number of halogens is 3. The smallest absolute Gasteiger partial charge is 0.406 e. The number of carbonyl (C=O) groups excluding carboxylic acids is 1. The lowest BCUT2D eigenvalue weighted by Crippen LogP contribution is -2.19. The van der Waals surface area contributed by atoms with Gasteiger partial charge in [0.15, 0.2) is 5.82 Å². The summed E-state index contributed by atoms with van der Waals surface area (Å²) in [6.07, 6.45) is -2.40. The Morgan fingerprint density at radius 3 is 2.80 bits per heavy atom. The molecule has 0 atom stereocenters. The maximum absolute atomic E-state index is 12.5. The Bertz CT molecular complexity index is 1030.